The van der Waals surface area contributed by atoms with E-state index in [0.717, 1.165) is 5.57 Å². The van der Waals surface area contributed by atoms with E-state index in [1.54, 1.807) is 0 Å². The number of methoxy groups -OCH3 is 1. The Balaban J connectivity index is 2.77. The zero-order chi connectivity index (χ0) is 10.0. The number of aliphatic carboxylic acids is 1. The van der Waals surface area contributed by atoms with Gasteiger partial charge in [-0.15, -0.1) is 0 Å². The third-order valence-electron chi connectivity index (χ3n) is 2.32. The molecule has 13 heavy (non-hydrogen) atoms. The maximum Gasteiger partial charge on any atom is 0.309 e. The summed E-state index contributed by atoms with van der Waals surface area (Å²) in [6, 6.07) is 0. The molecule has 2 atom stereocenters. The van der Waals surface area contributed by atoms with Crippen molar-refractivity contribution >= 4 is 11.9 Å². The third-order valence-corrected chi connectivity index (χ3v) is 2.32. The molecule has 1 saturated carbocycles. The molecule has 72 valence electrons. The van der Waals surface area contributed by atoms with Gasteiger partial charge in [-0.05, 0) is 12.8 Å². The molecule has 0 saturated heterocycles. The van der Waals surface area contributed by atoms with Crippen LogP contribution in [0.2, 0.25) is 0 Å². The minimum atomic E-state index is -0.950. The maximum atomic E-state index is 11.1. The lowest BCUT2D eigenvalue weighted by Crippen LogP contribution is -2.26. The predicted molar refractivity (Wildman–Crippen MR) is 45.0 cm³/mol. The third kappa shape index (κ3) is 1.88. The van der Waals surface area contributed by atoms with Gasteiger partial charge in [-0.2, -0.15) is 0 Å². The number of carbonyl (C=O) groups excluding carboxylic acids is 1. The van der Waals surface area contributed by atoms with E-state index in [2.05, 4.69) is 11.3 Å². The number of ether oxygens (including phenoxy) is 1. The highest BCUT2D eigenvalue weighted by Gasteiger charge is 2.40. The topological polar surface area (TPSA) is 63.6 Å². The Morgan fingerprint density at radius 1 is 1.46 bits per heavy atom. The van der Waals surface area contributed by atoms with Crippen molar-refractivity contribution < 1.29 is 19.4 Å². The van der Waals surface area contributed by atoms with Crippen LogP contribution < -0.4 is 0 Å². The van der Waals surface area contributed by atoms with E-state index in [1.807, 2.05) is 0 Å². The summed E-state index contributed by atoms with van der Waals surface area (Å²) in [5, 5.41) is 8.80. The first-order valence-corrected chi connectivity index (χ1v) is 4.03. The van der Waals surface area contributed by atoms with Crippen LogP contribution in [-0.2, 0) is 14.3 Å². The van der Waals surface area contributed by atoms with Gasteiger partial charge in [-0.1, -0.05) is 12.2 Å². The van der Waals surface area contributed by atoms with Gasteiger partial charge in [0.1, 0.15) is 0 Å². The van der Waals surface area contributed by atoms with Gasteiger partial charge < -0.3 is 9.84 Å². The molecule has 1 aliphatic rings. The zero-order valence-electron chi connectivity index (χ0n) is 7.45. The van der Waals surface area contributed by atoms with Crippen molar-refractivity contribution in [1.82, 2.24) is 0 Å². The smallest absolute Gasteiger partial charge is 0.309 e. The van der Waals surface area contributed by atoms with Crippen molar-refractivity contribution in [3.63, 3.8) is 0 Å². The molecule has 0 spiro atoms. The lowest BCUT2D eigenvalue weighted by molar-refractivity contribution is -0.154. The fourth-order valence-electron chi connectivity index (χ4n) is 1.65. The van der Waals surface area contributed by atoms with Crippen LogP contribution >= 0.6 is 0 Å². The van der Waals surface area contributed by atoms with Gasteiger partial charge in [-0.25, -0.2) is 0 Å². The Bertz CT molecular complexity index is 256. The first kappa shape index (κ1) is 9.77. The zero-order valence-corrected chi connectivity index (χ0v) is 7.45. The predicted octanol–water partition coefficient (Wildman–Crippen LogP) is 0.826. The largest absolute Gasteiger partial charge is 0.481 e. The molecule has 1 N–H and O–H groups in total. The van der Waals surface area contributed by atoms with Gasteiger partial charge in [0.2, 0.25) is 0 Å². The Labute approximate surface area is 76.2 Å². The molecule has 0 aliphatic heterocycles. The normalized spacial score (nSPS) is 27.3. The molecule has 0 radical (unpaired) electrons. The van der Waals surface area contributed by atoms with Crippen LogP contribution in [0.4, 0.5) is 0 Å². The van der Waals surface area contributed by atoms with Crippen molar-refractivity contribution in [1.29, 1.82) is 0 Å². The van der Waals surface area contributed by atoms with E-state index in [9.17, 15) is 9.59 Å². The first-order valence-electron chi connectivity index (χ1n) is 4.03. The van der Waals surface area contributed by atoms with Crippen LogP contribution in [0.25, 0.3) is 0 Å². The van der Waals surface area contributed by atoms with Gasteiger partial charge in [0.25, 0.3) is 0 Å². The molecular formula is C9H12O4. The summed E-state index contributed by atoms with van der Waals surface area (Å²) in [6.45, 7) is 3.68. The molecule has 0 bridgehead atoms. The van der Waals surface area contributed by atoms with E-state index in [1.165, 1.54) is 7.11 Å². The Morgan fingerprint density at radius 3 is 2.46 bits per heavy atom. The molecule has 2 unspecified atom stereocenters. The van der Waals surface area contributed by atoms with Crippen molar-refractivity contribution in [3.05, 3.63) is 12.2 Å². The lowest BCUT2D eigenvalue weighted by atomic mass is 9.97. The summed E-state index contributed by atoms with van der Waals surface area (Å²) >= 11 is 0. The second kappa shape index (κ2) is 3.60. The molecule has 0 heterocycles. The first-order chi connectivity index (χ1) is 6.06. The number of carbonyl (C=O) groups is 2. The van der Waals surface area contributed by atoms with Crippen LogP contribution in [0.15, 0.2) is 12.2 Å². The maximum absolute atomic E-state index is 11.1. The molecular weight excluding hydrogens is 172 g/mol. The number of esters is 1. The van der Waals surface area contributed by atoms with Crippen molar-refractivity contribution in [2.24, 2.45) is 11.8 Å². The van der Waals surface area contributed by atoms with Crippen molar-refractivity contribution in [3.8, 4) is 0 Å². The van der Waals surface area contributed by atoms with Crippen LogP contribution in [0.1, 0.15) is 12.8 Å². The van der Waals surface area contributed by atoms with E-state index >= 15 is 0 Å². The van der Waals surface area contributed by atoms with Crippen molar-refractivity contribution in [2.45, 2.75) is 12.8 Å². The molecule has 1 aliphatic carbocycles. The van der Waals surface area contributed by atoms with Crippen molar-refractivity contribution in [2.75, 3.05) is 7.11 Å². The van der Waals surface area contributed by atoms with E-state index in [0.29, 0.717) is 12.8 Å². The summed E-state index contributed by atoms with van der Waals surface area (Å²) in [5.41, 5.74) is 0.808. The number of carboxylic acid groups (broad SMARTS) is 1. The highest BCUT2D eigenvalue weighted by atomic mass is 16.5. The average molecular weight is 184 g/mol. The molecule has 0 aromatic rings. The number of carboxylic acids is 1. The standard InChI is InChI=1S/C9H12O4/c1-5-3-6(8(10)11)7(4-5)9(12)13-2/h6-7H,1,3-4H2,2H3,(H,10,11). The van der Waals surface area contributed by atoms with Gasteiger partial charge in [0.05, 0.1) is 18.9 Å². The highest BCUT2D eigenvalue weighted by Crippen LogP contribution is 2.35. The number of hydrogen-bond acceptors (Lipinski definition) is 3. The molecule has 0 aromatic heterocycles. The Morgan fingerprint density at radius 2 is 2.00 bits per heavy atom. The summed E-state index contributed by atoms with van der Waals surface area (Å²) in [6.07, 6.45) is 0.818. The van der Waals surface area contributed by atoms with E-state index in [-0.39, 0.29) is 0 Å². The van der Waals surface area contributed by atoms with Gasteiger partial charge >= 0.3 is 11.9 Å². The molecule has 1 fully saturated rings. The van der Waals surface area contributed by atoms with Gasteiger partial charge in [-0.3, -0.25) is 9.59 Å². The number of allylic oxidation sites excluding steroid dienone is 1. The molecule has 0 amide bonds. The second-order valence-electron chi connectivity index (χ2n) is 3.23. The average Bonchev–Trinajstić information content (AvgIpc) is 2.46. The fourth-order valence-corrected chi connectivity index (χ4v) is 1.65. The van der Waals surface area contributed by atoms with Crippen LogP contribution in [0.5, 0.6) is 0 Å². The minimum Gasteiger partial charge on any atom is -0.481 e. The van der Waals surface area contributed by atoms with E-state index < -0.39 is 23.8 Å². The summed E-state index contributed by atoms with van der Waals surface area (Å²) in [5.74, 6) is -2.60. The quantitative estimate of drug-likeness (QED) is 0.510. The number of hydrogen-bond donors (Lipinski definition) is 1. The lowest BCUT2D eigenvalue weighted by Gasteiger charge is -2.11. The summed E-state index contributed by atoms with van der Waals surface area (Å²) in [4.78, 5) is 21.9. The van der Waals surface area contributed by atoms with Crippen LogP contribution in [-0.4, -0.2) is 24.2 Å². The SMILES string of the molecule is C=C1CC(C(=O)O)C(C(=O)OC)C1. The minimum absolute atomic E-state index is 0.384. The molecule has 4 heteroatoms. The Hall–Kier alpha value is -1.32. The summed E-state index contributed by atoms with van der Waals surface area (Å²) < 4.78 is 4.52. The second-order valence-corrected chi connectivity index (χ2v) is 3.23. The van der Waals surface area contributed by atoms with Crippen LogP contribution in [0.3, 0.4) is 0 Å². The van der Waals surface area contributed by atoms with E-state index in [4.69, 9.17) is 5.11 Å². The highest BCUT2D eigenvalue weighted by molar-refractivity contribution is 5.82. The fraction of sp³-hybridized carbons (Fsp3) is 0.556. The van der Waals surface area contributed by atoms with Gasteiger partial charge in [0, 0.05) is 0 Å². The number of rotatable bonds is 2. The van der Waals surface area contributed by atoms with Gasteiger partial charge in [0.15, 0.2) is 0 Å². The molecule has 0 aromatic carbocycles. The summed E-state index contributed by atoms with van der Waals surface area (Å²) in [7, 11) is 1.27. The molecule has 4 nitrogen and oxygen atoms in total. The molecule has 1 rings (SSSR count). The monoisotopic (exact) mass is 184 g/mol. The van der Waals surface area contributed by atoms with Crippen LogP contribution in [0, 0.1) is 11.8 Å². The Kier molecular flexibility index (Phi) is 2.70.